The van der Waals surface area contributed by atoms with Crippen molar-refractivity contribution in [3.63, 3.8) is 0 Å². The minimum absolute atomic E-state index is 0.0566. The summed E-state index contributed by atoms with van der Waals surface area (Å²) < 4.78 is 27.9. The second-order valence-corrected chi connectivity index (χ2v) is 5.72. The number of aromatic nitrogens is 1. The van der Waals surface area contributed by atoms with Crippen LogP contribution >= 0.6 is 0 Å². The van der Waals surface area contributed by atoms with Crippen LogP contribution in [0.3, 0.4) is 0 Å². The summed E-state index contributed by atoms with van der Waals surface area (Å²) in [5, 5.41) is 2.74. The van der Waals surface area contributed by atoms with Gasteiger partial charge in [-0.3, -0.25) is 0 Å². The fourth-order valence-electron chi connectivity index (χ4n) is 1.33. The van der Waals surface area contributed by atoms with Gasteiger partial charge in [0, 0.05) is 12.5 Å². The van der Waals surface area contributed by atoms with E-state index >= 15 is 0 Å². The van der Waals surface area contributed by atoms with Crippen LogP contribution in [0.25, 0.3) is 0 Å². The molecule has 100 valence electrons. The summed E-state index contributed by atoms with van der Waals surface area (Å²) in [5.74, 6) is -0.303. The summed E-state index contributed by atoms with van der Waals surface area (Å²) >= 11 is 0. The van der Waals surface area contributed by atoms with Crippen molar-refractivity contribution in [2.45, 2.75) is 24.8 Å². The standard InChI is InChI=1S/C11H16N2O4S/c1-4-17-11(14)8(2)13-10-9(18(3,15)16)6-5-7-12-10/h5-8H,4H2,1-3H3,(H,12,13). The lowest BCUT2D eigenvalue weighted by atomic mass is 10.3. The van der Waals surface area contributed by atoms with Crippen molar-refractivity contribution in [3.05, 3.63) is 18.3 Å². The van der Waals surface area contributed by atoms with E-state index in [0.717, 1.165) is 6.26 Å². The maximum absolute atomic E-state index is 11.5. The Balaban J connectivity index is 2.95. The first-order valence-electron chi connectivity index (χ1n) is 5.44. The SMILES string of the molecule is CCOC(=O)C(C)Nc1ncccc1S(C)(=O)=O. The highest BCUT2D eigenvalue weighted by Gasteiger charge is 2.19. The van der Waals surface area contributed by atoms with Crippen molar-refractivity contribution < 1.29 is 17.9 Å². The van der Waals surface area contributed by atoms with Gasteiger partial charge in [-0.15, -0.1) is 0 Å². The van der Waals surface area contributed by atoms with Gasteiger partial charge in [0.1, 0.15) is 16.8 Å². The summed E-state index contributed by atoms with van der Waals surface area (Å²) in [7, 11) is -3.39. The Morgan fingerprint density at radius 3 is 2.78 bits per heavy atom. The van der Waals surface area contributed by atoms with E-state index in [-0.39, 0.29) is 17.3 Å². The van der Waals surface area contributed by atoms with Crippen molar-refractivity contribution >= 4 is 21.6 Å². The fourth-order valence-corrected chi connectivity index (χ4v) is 2.12. The van der Waals surface area contributed by atoms with Gasteiger partial charge in [0.05, 0.1) is 6.61 Å². The Bertz CT molecular complexity index is 528. The molecule has 0 aliphatic heterocycles. The number of sulfone groups is 1. The first-order valence-corrected chi connectivity index (χ1v) is 7.33. The van der Waals surface area contributed by atoms with Crippen LogP contribution in [0.1, 0.15) is 13.8 Å². The highest BCUT2D eigenvalue weighted by Crippen LogP contribution is 2.18. The molecule has 7 heteroatoms. The van der Waals surface area contributed by atoms with Gasteiger partial charge in [0.15, 0.2) is 9.84 Å². The first kappa shape index (κ1) is 14.4. The zero-order valence-corrected chi connectivity index (χ0v) is 11.3. The number of hydrogen-bond donors (Lipinski definition) is 1. The zero-order chi connectivity index (χ0) is 13.8. The van der Waals surface area contributed by atoms with Crippen LogP contribution in [-0.4, -0.2) is 38.3 Å². The van der Waals surface area contributed by atoms with Crippen molar-refractivity contribution in [2.75, 3.05) is 18.2 Å². The molecular weight excluding hydrogens is 256 g/mol. The topological polar surface area (TPSA) is 85.4 Å². The van der Waals surface area contributed by atoms with Gasteiger partial charge in [-0.2, -0.15) is 0 Å². The van der Waals surface area contributed by atoms with Crippen molar-refractivity contribution in [3.8, 4) is 0 Å². The molecule has 18 heavy (non-hydrogen) atoms. The quantitative estimate of drug-likeness (QED) is 0.800. The second kappa shape index (κ2) is 5.81. The lowest BCUT2D eigenvalue weighted by Gasteiger charge is -2.14. The number of pyridine rings is 1. The molecule has 1 aromatic rings. The predicted molar refractivity (Wildman–Crippen MR) is 67.1 cm³/mol. The van der Waals surface area contributed by atoms with Crippen LogP contribution in [0.4, 0.5) is 5.82 Å². The van der Waals surface area contributed by atoms with Crippen LogP contribution in [0.15, 0.2) is 23.2 Å². The number of anilines is 1. The minimum atomic E-state index is -3.39. The Kier molecular flexibility index (Phi) is 4.66. The third-order valence-electron chi connectivity index (χ3n) is 2.16. The van der Waals surface area contributed by atoms with E-state index in [9.17, 15) is 13.2 Å². The number of ether oxygens (including phenoxy) is 1. The third kappa shape index (κ3) is 3.69. The van der Waals surface area contributed by atoms with Gasteiger partial charge < -0.3 is 10.1 Å². The molecule has 0 radical (unpaired) electrons. The molecule has 0 aliphatic carbocycles. The number of nitrogens with zero attached hydrogens (tertiary/aromatic N) is 1. The molecule has 1 atom stereocenters. The average molecular weight is 272 g/mol. The summed E-state index contributed by atoms with van der Waals surface area (Å²) in [6.07, 6.45) is 2.54. The summed E-state index contributed by atoms with van der Waals surface area (Å²) in [4.78, 5) is 15.4. The molecule has 0 amide bonds. The minimum Gasteiger partial charge on any atom is -0.464 e. The number of carbonyl (C=O) groups is 1. The van der Waals surface area contributed by atoms with E-state index in [1.165, 1.54) is 18.3 Å². The molecule has 0 fully saturated rings. The van der Waals surface area contributed by atoms with Gasteiger partial charge >= 0.3 is 5.97 Å². The molecule has 1 heterocycles. The van der Waals surface area contributed by atoms with Crippen LogP contribution < -0.4 is 5.32 Å². The Morgan fingerprint density at radius 1 is 1.56 bits per heavy atom. The molecule has 0 spiro atoms. The molecule has 0 saturated heterocycles. The van der Waals surface area contributed by atoms with Gasteiger partial charge in [-0.05, 0) is 26.0 Å². The fraction of sp³-hybridized carbons (Fsp3) is 0.455. The molecule has 1 rings (SSSR count). The average Bonchev–Trinajstić information content (AvgIpc) is 2.28. The molecule has 0 saturated carbocycles. The van der Waals surface area contributed by atoms with E-state index in [0.29, 0.717) is 0 Å². The van der Waals surface area contributed by atoms with Crippen LogP contribution in [0.5, 0.6) is 0 Å². The predicted octanol–water partition coefficient (Wildman–Crippen LogP) is 0.849. The second-order valence-electron chi connectivity index (χ2n) is 3.74. The van der Waals surface area contributed by atoms with E-state index in [1.807, 2.05) is 0 Å². The lowest BCUT2D eigenvalue weighted by Crippen LogP contribution is -2.29. The molecular formula is C11H16N2O4S. The molecule has 0 bridgehead atoms. The Labute approximate surface area is 106 Å². The lowest BCUT2D eigenvalue weighted by molar-refractivity contribution is -0.143. The molecule has 1 N–H and O–H groups in total. The number of hydrogen-bond acceptors (Lipinski definition) is 6. The van der Waals surface area contributed by atoms with Gasteiger partial charge in [0.2, 0.25) is 0 Å². The molecule has 1 aromatic heterocycles. The summed E-state index contributed by atoms with van der Waals surface area (Å²) in [6.45, 7) is 3.55. The van der Waals surface area contributed by atoms with Gasteiger partial charge in [-0.25, -0.2) is 18.2 Å². The highest BCUT2D eigenvalue weighted by atomic mass is 32.2. The van der Waals surface area contributed by atoms with Crippen LogP contribution in [-0.2, 0) is 19.4 Å². The number of esters is 1. The van der Waals surface area contributed by atoms with Gasteiger partial charge in [0.25, 0.3) is 0 Å². The molecule has 0 aromatic carbocycles. The third-order valence-corrected chi connectivity index (χ3v) is 3.29. The smallest absolute Gasteiger partial charge is 0.328 e. The van der Waals surface area contributed by atoms with Gasteiger partial charge in [-0.1, -0.05) is 0 Å². The van der Waals surface area contributed by atoms with Crippen LogP contribution in [0, 0.1) is 0 Å². The number of carbonyl (C=O) groups excluding carboxylic acids is 1. The van der Waals surface area contributed by atoms with Crippen molar-refractivity contribution in [1.29, 1.82) is 0 Å². The highest BCUT2D eigenvalue weighted by molar-refractivity contribution is 7.90. The Hall–Kier alpha value is -1.63. The Morgan fingerprint density at radius 2 is 2.22 bits per heavy atom. The number of nitrogens with one attached hydrogen (secondary N) is 1. The largest absolute Gasteiger partial charge is 0.464 e. The maximum Gasteiger partial charge on any atom is 0.328 e. The van der Waals surface area contributed by atoms with Crippen molar-refractivity contribution in [1.82, 2.24) is 4.98 Å². The molecule has 6 nitrogen and oxygen atoms in total. The maximum atomic E-state index is 11.5. The normalized spacial score (nSPS) is 12.8. The van der Waals surface area contributed by atoms with E-state index in [4.69, 9.17) is 4.74 Å². The van der Waals surface area contributed by atoms with Crippen LogP contribution in [0.2, 0.25) is 0 Å². The summed E-state index contributed by atoms with van der Waals surface area (Å²) in [6, 6.07) is 2.29. The summed E-state index contributed by atoms with van der Waals surface area (Å²) in [5.41, 5.74) is 0. The molecule has 1 unspecified atom stereocenters. The number of rotatable bonds is 5. The zero-order valence-electron chi connectivity index (χ0n) is 10.5. The van der Waals surface area contributed by atoms with E-state index in [1.54, 1.807) is 13.8 Å². The van der Waals surface area contributed by atoms with Crippen molar-refractivity contribution in [2.24, 2.45) is 0 Å². The first-order chi connectivity index (χ1) is 8.36. The van der Waals surface area contributed by atoms with E-state index in [2.05, 4.69) is 10.3 Å². The monoisotopic (exact) mass is 272 g/mol. The van der Waals surface area contributed by atoms with E-state index < -0.39 is 21.8 Å². The molecule has 0 aliphatic rings.